The maximum atomic E-state index is 12.9. The number of nitrogens with zero attached hydrogens (tertiary/aromatic N) is 2. The van der Waals surface area contributed by atoms with E-state index in [9.17, 15) is 13.2 Å². The summed E-state index contributed by atoms with van der Waals surface area (Å²) in [7, 11) is -2.24. The van der Waals surface area contributed by atoms with E-state index >= 15 is 0 Å². The van der Waals surface area contributed by atoms with Crippen molar-refractivity contribution in [3.05, 3.63) is 108 Å². The molecule has 0 atom stereocenters. The molecule has 174 valence electrons. The van der Waals surface area contributed by atoms with Gasteiger partial charge in [-0.1, -0.05) is 54.6 Å². The van der Waals surface area contributed by atoms with Gasteiger partial charge in [0.05, 0.1) is 16.3 Å². The lowest BCUT2D eigenvalue weighted by Gasteiger charge is -2.19. The quantitative estimate of drug-likeness (QED) is 0.309. The van der Waals surface area contributed by atoms with Crippen LogP contribution in [0, 0.1) is 0 Å². The van der Waals surface area contributed by atoms with Gasteiger partial charge in [-0.2, -0.15) is 0 Å². The summed E-state index contributed by atoms with van der Waals surface area (Å²) in [5, 5.41) is 7.44. The highest BCUT2D eigenvalue weighted by atomic mass is 32.2. The van der Waals surface area contributed by atoms with E-state index in [0.717, 1.165) is 22.0 Å². The van der Waals surface area contributed by atoms with Gasteiger partial charge in [-0.05, 0) is 53.2 Å². The van der Waals surface area contributed by atoms with Crippen molar-refractivity contribution >= 4 is 48.9 Å². The topological polar surface area (TPSA) is 79.4 Å². The van der Waals surface area contributed by atoms with Crippen LogP contribution in [0.4, 0.5) is 10.8 Å². The Balaban J connectivity index is 1.30. The third kappa shape index (κ3) is 4.66. The Labute approximate surface area is 207 Å². The van der Waals surface area contributed by atoms with Crippen LogP contribution in [0.15, 0.2) is 107 Å². The summed E-state index contributed by atoms with van der Waals surface area (Å²) in [6.07, 6.45) is 0. The van der Waals surface area contributed by atoms with Crippen molar-refractivity contribution in [1.29, 1.82) is 0 Å². The molecule has 1 aromatic heterocycles. The zero-order valence-corrected chi connectivity index (χ0v) is 20.4. The number of anilines is 2. The van der Waals surface area contributed by atoms with E-state index in [2.05, 4.69) is 28.5 Å². The standard InChI is InChI=1S/C27H21N3O3S2/c1-30(23-9-3-2-4-10-23)35(32,33)24-15-13-20(14-16-24)26(31)29-27-28-25(18-34-27)22-12-11-19-7-5-6-8-21(19)17-22/h2-18H,1H3,(H,28,29,31). The molecule has 0 radical (unpaired) electrons. The molecule has 0 fully saturated rings. The second-order valence-corrected chi connectivity index (χ2v) is 10.7. The SMILES string of the molecule is CN(c1ccccc1)S(=O)(=O)c1ccc(C(=O)Nc2nc(-c3ccc4ccccc4c3)cs2)cc1. The zero-order valence-electron chi connectivity index (χ0n) is 18.8. The molecular formula is C27H21N3O3S2. The van der Waals surface area contributed by atoms with Gasteiger partial charge in [0, 0.05) is 23.6 Å². The Morgan fingerprint density at radius 2 is 1.54 bits per heavy atom. The second kappa shape index (κ2) is 9.32. The number of thiazole rings is 1. The lowest BCUT2D eigenvalue weighted by Crippen LogP contribution is -2.26. The minimum atomic E-state index is -3.75. The van der Waals surface area contributed by atoms with Crippen LogP contribution in [0.1, 0.15) is 10.4 Å². The Hall–Kier alpha value is -4.01. The summed E-state index contributed by atoms with van der Waals surface area (Å²) in [5.74, 6) is -0.357. The van der Waals surface area contributed by atoms with Crippen LogP contribution in [0.3, 0.4) is 0 Å². The van der Waals surface area contributed by atoms with Gasteiger partial charge in [-0.3, -0.25) is 14.4 Å². The molecule has 0 bridgehead atoms. The molecule has 0 aliphatic rings. The number of nitrogens with one attached hydrogen (secondary N) is 1. The Morgan fingerprint density at radius 1 is 0.857 bits per heavy atom. The Morgan fingerprint density at radius 3 is 2.29 bits per heavy atom. The highest BCUT2D eigenvalue weighted by Gasteiger charge is 2.21. The molecule has 35 heavy (non-hydrogen) atoms. The smallest absolute Gasteiger partial charge is 0.264 e. The van der Waals surface area contributed by atoms with Crippen molar-refractivity contribution in [2.45, 2.75) is 4.90 Å². The molecule has 0 saturated carbocycles. The van der Waals surface area contributed by atoms with Crippen LogP contribution in [0.5, 0.6) is 0 Å². The molecule has 0 aliphatic heterocycles. The number of benzene rings is 4. The van der Waals surface area contributed by atoms with E-state index in [4.69, 9.17) is 0 Å². The summed E-state index contributed by atoms with van der Waals surface area (Å²) in [4.78, 5) is 17.4. The van der Waals surface area contributed by atoms with Gasteiger partial charge in [0.25, 0.3) is 15.9 Å². The highest BCUT2D eigenvalue weighted by Crippen LogP contribution is 2.28. The molecule has 6 nitrogen and oxygen atoms in total. The molecule has 0 unspecified atom stereocenters. The fourth-order valence-electron chi connectivity index (χ4n) is 3.69. The van der Waals surface area contributed by atoms with Gasteiger partial charge in [0.1, 0.15) is 0 Å². The first-order chi connectivity index (χ1) is 16.9. The first-order valence-corrected chi connectivity index (χ1v) is 13.1. The van der Waals surface area contributed by atoms with E-state index in [0.29, 0.717) is 16.4 Å². The molecule has 1 N–H and O–H groups in total. The molecule has 1 amide bonds. The van der Waals surface area contributed by atoms with Gasteiger partial charge >= 0.3 is 0 Å². The van der Waals surface area contributed by atoms with E-state index < -0.39 is 10.0 Å². The van der Waals surface area contributed by atoms with Crippen molar-refractivity contribution in [2.75, 3.05) is 16.7 Å². The predicted molar refractivity (Wildman–Crippen MR) is 141 cm³/mol. The minimum absolute atomic E-state index is 0.105. The molecule has 5 rings (SSSR count). The number of rotatable bonds is 6. The molecule has 5 aromatic rings. The Bertz CT molecular complexity index is 1610. The van der Waals surface area contributed by atoms with Gasteiger partial charge in [-0.25, -0.2) is 13.4 Å². The zero-order chi connectivity index (χ0) is 24.4. The molecule has 4 aromatic carbocycles. The molecule has 1 heterocycles. The molecule has 0 aliphatic carbocycles. The number of carbonyl (C=O) groups is 1. The van der Waals surface area contributed by atoms with Crippen molar-refractivity contribution in [2.24, 2.45) is 0 Å². The van der Waals surface area contributed by atoms with Gasteiger partial charge in [0.15, 0.2) is 5.13 Å². The lowest BCUT2D eigenvalue weighted by molar-refractivity contribution is 0.102. The van der Waals surface area contributed by atoms with Crippen LogP contribution in [0.2, 0.25) is 0 Å². The van der Waals surface area contributed by atoms with Crippen molar-refractivity contribution in [1.82, 2.24) is 4.98 Å². The van der Waals surface area contributed by atoms with Crippen LogP contribution >= 0.6 is 11.3 Å². The maximum absolute atomic E-state index is 12.9. The maximum Gasteiger partial charge on any atom is 0.264 e. The third-order valence-electron chi connectivity index (χ3n) is 5.66. The summed E-state index contributed by atoms with van der Waals surface area (Å²) >= 11 is 1.34. The predicted octanol–water partition coefficient (Wildman–Crippen LogP) is 6.04. The van der Waals surface area contributed by atoms with Gasteiger partial charge < -0.3 is 0 Å². The number of carbonyl (C=O) groups excluding carboxylic acids is 1. The van der Waals surface area contributed by atoms with Crippen LogP contribution in [0.25, 0.3) is 22.0 Å². The fraction of sp³-hybridized carbons (Fsp3) is 0.0370. The van der Waals surface area contributed by atoms with Crippen molar-refractivity contribution in [3.63, 3.8) is 0 Å². The number of hydrogen-bond donors (Lipinski definition) is 1. The summed E-state index contributed by atoms with van der Waals surface area (Å²) < 4.78 is 27.1. The fourth-order valence-corrected chi connectivity index (χ4v) is 5.60. The summed E-state index contributed by atoms with van der Waals surface area (Å²) in [5.41, 5.74) is 2.65. The average molecular weight is 500 g/mol. The number of hydrogen-bond acceptors (Lipinski definition) is 5. The first kappa shape index (κ1) is 22.8. The summed E-state index contributed by atoms with van der Waals surface area (Å²) in [6.45, 7) is 0. The van der Waals surface area contributed by atoms with Gasteiger partial charge in [0.2, 0.25) is 0 Å². The normalized spacial score (nSPS) is 11.3. The van der Waals surface area contributed by atoms with Crippen molar-refractivity contribution < 1.29 is 13.2 Å². The number of sulfonamides is 1. The second-order valence-electron chi connectivity index (χ2n) is 7.89. The van der Waals surface area contributed by atoms with Crippen LogP contribution in [-0.2, 0) is 10.0 Å². The van der Waals surface area contributed by atoms with E-state index in [1.807, 2.05) is 35.7 Å². The summed E-state index contributed by atoms with van der Waals surface area (Å²) in [6, 6.07) is 28.9. The third-order valence-corrected chi connectivity index (χ3v) is 8.22. The number of para-hydroxylation sites is 1. The number of amides is 1. The largest absolute Gasteiger partial charge is 0.298 e. The Kier molecular flexibility index (Phi) is 6.07. The first-order valence-electron chi connectivity index (χ1n) is 10.8. The minimum Gasteiger partial charge on any atom is -0.298 e. The van der Waals surface area contributed by atoms with Crippen molar-refractivity contribution in [3.8, 4) is 11.3 Å². The lowest BCUT2D eigenvalue weighted by atomic mass is 10.1. The molecule has 8 heteroatoms. The molecular weight excluding hydrogens is 478 g/mol. The van der Waals surface area contributed by atoms with E-state index in [1.165, 1.54) is 47.0 Å². The van der Waals surface area contributed by atoms with Crippen LogP contribution < -0.4 is 9.62 Å². The number of aromatic nitrogens is 1. The van der Waals surface area contributed by atoms with E-state index in [1.54, 1.807) is 24.3 Å². The number of fused-ring (bicyclic) bond motifs is 1. The average Bonchev–Trinajstić information content (AvgIpc) is 3.37. The molecule has 0 saturated heterocycles. The van der Waals surface area contributed by atoms with Gasteiger partial charge in [-0.15, -0.1) is 11.3 Å². The van der Waals surface area contributed by atoms with Crippen LogP contribution in [-0.4, -0.2) is 26.4 Å². The monoisotopic (exact) mass is 499 g/mol. The molecule has 0 spiro atoms. The van der Waals surface area contributed by atoms with E-state index in [-0.39, 0.29) is 10.8 Å². The highest BCUT2D eigenvalue weighted by molar-refractivity contribution is 7.92.